The number of para-hydroxylation sites is 1. The van der Waals surface area contributed by atoms with Crippen LogP contribution in [0.4, 0.5) is 10.1 Å². The van der Waals surface area contributed by atoms with E-state index in [1.54, 1.807) is 6.07 Å². The second kappa shape index (κ2) is 6.40. The molecule has 19 heavy (non-hydrogen) atoms. The molecule has 0 bridgehead atoms. The lowest BCUT2D eigenvalue weighted by atomic mass is 9.91. The Labute approximate surface area is 116 Å². The van der Waals surface area contributed by atoms with E-state index in [4.69, 9.17) is 0 Å². The first-order valence-electron chi connectivity index (χ1n) is 7.66. The average Bonchev–Trinajstić information content (AvgIpc) is 2.46. The maximum absolute atomic E-state index is 14.3. The van der Waals surface area contributed by atoms with Gasteiger partial charge in [0, 0.05) is 13.1 Å². The van der Waals surface area contributed by atoms with Crippen LogP contribution in [-0.2, 0) is 0 Å². The topological polar surface area (TPSA) is 3.24 Å². The first kappa shape index (κ1) is 14.4. The normalized spacial score (nSPS) is 18.3. The predicted octanol–water partition coefficient (Wildman–Crippen LogP) is 5.11. The van der Waals surface area contributed by atoms with Crippen LogP contribution in [-0.4, -0.2) is 13.1 Å². The van der Waals surface area contributed by atoms with Crippen LogP contribution in [0.15, 0.2) is 18.2 Å². The summed E-state index contributed by atoms with van der Waals surface area (Å²) in [6.45, 7) is 4.35. The summed E-state index contributed by atoms with van der Waals surface area (Å²) < 4.78 is 14.3. The van der Waals surface area contributed by atoms with Crippen molar-refractivity contribution in [2.75, 3.05) is 11.9 Å². The Hall–Kier alpha value is -1.05. The van der Waals surface area contributed by atoms with Crippen molar-refractivity contribution in [3.63, 3.8) is 0 Å². The number of nitrogens with zero attached hydrogens (tertiary/aromatic N) is 1. The third-order valence-electron chi connectivity index (χ3n) is 4.64. The van der Waals surface area contributed by atoms with Crippen LogP contribution < -0.4 is 4.90 Å². The monoisotopic (exact) mass is 263 g/mol. The SMILES string of the molecule is CCC(C)c1cccc(F)c1N(C)C1CCCCC1. The molecular formula is C17H26FN. The molecule has 2 rings (SSSR count). The van der Waals surface area contributed by atoms with Gasteiger partial charge in [-0.15, -0.1) is 0 Å². The Morgan fingerprint density at radius 2 is 1.95 bits per heavy atom. The van der Waals surface area contributed by atoms with E-state index in [0.717, 1.165) is 17.7 Å². The van der Waals surface area contributed by atoms with Crippen molar-refractivity contribution in [3.8, 4) is 0 Å². The minimum atomic E-state index is -0.0640. The predicted molar refractivity (Wildman–Crippen MR) is 80.4 cm³/mol. The molecule has 0 heterocycles. The number of hydrogen-bond donors (Lipinski definition) is 0. The summed E-state index contributed by atoms with van der Waals surface area (Å²) in [5.74, 6) is 0.350. The first-order valence-corrected chi connectivity index (χ1v) is 7.66. The summed E-state index contributed by atoms with van der Waals surface area (Å²) in [6.07, 6.45) is 7.34. The zero-order chi connectivity index (χ0) is 13.8. The van der Waals surface area contributed by atoms with Crippen LogP contribution in [0.3, 0.4) is 0 Å². The molecule has 1 aromatic carbocycles. The van der Waals surface area contributed by atoms with Crippen LogP contribution >= 0.6 is 0 Å². The smallest absolute Gasteiger partial charge is 0.146 e. The molecule has 0 aromatic heterocycles. The van der Waals surface area contributed by atoms with Gasteiger partial charge in [-0.1, -0.05) is 45.2 Å². The molecule has 106 valence electrons. The van der Waals surface area contributed by atoms with Gasteiger partial charge in [-0.2, -0.15) is 0 Å². The summed E-state index contributed by atoms with van der Waals surface area (Å²) in [5, 5.41) is 0. The Morgan fingerprint density at radius 1 is 1.26 bits per heavy atom. The van der Waals surface area contributed by atoms with Gasteiger partial charge >= 0.3 is 0 Å². The van der Waals surface area contributed by atoms with Gasteiger partial charge in [0.25, 0.3) is 0 Å². The molecule has 1 fully saturated rings. The molecule has 0 aliphatic heterocycles. The highest BCUT2D eigenvalue weighted by Gasteiger charge is 2.23. The van der Waals surface area contributed by atoms with Gasteiger partial charge in [0.05, 0.1) is 5.69 Å². The molecule has 0 saturated heterocycles. The second-order valence-corrected chi connectivity index (χ2v) is 5.89. The van der Waals surface area contributed by atoms with Crippen LogP contribution in [0, 0.1) is 5.82 Å². The lowest BCUT2D eigenvalue weighted by molar-refractivity contribution is 0.423. The molecule has 2 heteroatoms. The Morgan fingerprint density at radius 3 is 2.58 bits per heavy atom. The third-order valence-corrected chi connectivity index (χ3v) is 4.64. The molecule has 0 amide bonds. The van der Waals surface area contributed by atoms with E-state index in [9.17, 15) is 4.39 Å². The summed E-state index contributed by atoms with van der Waals surface area (Å²) in [7, 11) is 2.07. The zero-order valence-corrected chi connectivity index (χ0v) is 12.5. The van der Waals surface area contributed by atoms with Gasteiger partial charge in [-0.05, 0) is 36.8 Å². The molecule has 1 saturated carbocycles. The standard InChI is InChI=1S/C17H26FN/c1-4-13(2)15-11-8-12-16(18)17(15)19(3)14-9-6-5-7-10-14/h8,11-14H,4-7,9-10H2,1-3H3. The van der Waals surface area contributed by atoms with E-state index < -0.39 is 0 Å². The summed E-state index contributed by atoms with van der Waals surface area (Å²) in [5.41, 5.74) is 2.00. The molecule has 0 radical (unpaired) electrons. The molecular weight excluding hydrogens is 237 g/mol. The summed E-state index contributed by atoms with van der Waals surface area (Å²) in [4.78, 5) is 2.20. The minimum Gasteiger partial charge on any atom is -0.369 e. The molecule has 1 atom stereocenters. The van der Waals surface area contributed by atoms with Crippen molar-refractivity contribution in [1.82, 2.24) is 0 Å². The molecule has 0 spiro atoms. The first-order chi connectivity index (χ1) is 9.15. The maximum atomic E-state index is 14.3. The fourth-order valence-corrected chi connectivity index (χ4v) is 3.17. The van der Waals surface area contributed by atoms with Crippen LogP contribution in [0.1, 0.15) is 63.9 Å². The molecule has 1 unspecified atom stereocenters. The highest BCUT2D eigenvalue weighted by atomic mass is 19.1. The molecule has 1 aliphatic rings. The van der Waals surface area contributed by atoms with Gasteiger partial charge in [-0.3, -0.25) is 0 Å². The summed E-state index contributed by atoms with van der Waals surface area (Å²) >= 11 is 0. The number of hydrogen-bond acceptors (Lipinski definition) is 1. The van der Waals surface area contributed by atoms with Gasteiger partial charge < -0.3 is 4.90 Å². The second-order valence-electron chi connectivity index (χ2n) is 5.89. The fraction of sp³-hybridized carbons (Fsp3) is 0.647. The van der Waals surface area contributed by atoms with E-state index in [2.05, 4.69) is 31.9 Å². The van der Waals surface area contributed by atoms with Crippen molar-refractivity contribution >= 4 is 5.69 Å². The van der Waals surface area contributed by atoms with Crippen molar-refractivity contribution < 1.29 is 4.39 Å². The Kier molecular flexibility index (Phi) is 4.84. The number of halogens is 1. The Bertz CT molecular complexity index is 410. The molecule has 0 N–H and O–H groups in total. The Balaban J connectivity index is 2.31. The van der Waals surface area contributed by atoms with E-state index in [1.807, 2.05) is 6.07 Å². The average molecular weight is 263 g/mol. The fourth-order valence-electron chi connectivity index (χ4n) is 3.17. The van der Waals surface area contributed by atoms with Crippen molar-refractivity contribution in [1.29, 1.82) is 0 Å². The van der Waals surface area contributed by atoms with Crippen molar-refractivity contribution in [3.05, 3.63) is 29.6 Å². The zero-order valence-electron chi connectivity index (χ0n) is 12.5. The van der Waals surface area contributed by atoms with E-state index in [-0.39, 0.29) is 5.82 Å². The number of benzene rings is 1. The highest BCUT2D eigenvalue weighted by molar-refractivity contribution is 5.56. The minimum absolute atomic E-state index is 0.0640. The van der Waals surface area contributed by atoms with Gasteiger partial charge in [0.15, 0.2) is 0 Å². The van der Waals surface area contributed by atoms with Crippen LogP contribution in [0.2, 0.25) is 0 Å². The van der Waals surface area contributed by atoms with Gasteiger partial charge in [0.1, 0.15) is 5.82 Å². The number of anilines is 1. The molecule has 1 aliphatic carbocycles. The highest BCUT2D eigenvalue weighted by Crippen LogP contribution is 2.35. The van der Waals surface area contributed by atoms with E-state index in [0.29, 0.717) is 12.0 Å². The lowest BCUT2D eigenvalue weighted by Gasteiger charge is -2.35. The van der Waals surface area contributed by atoms with Gasteiger partial charge in [0.2, 0.25) is 0 Å². The maximum Gasteiger partial charge on any atom is 0.146 e. The molecule has 1 nitrogen and oxygen atoms in total. The third kappa shape index (κ3) is 3.10. The largest absolute Gasteiger partial charge is 0.369 e. The van der Waals surface area contributed by atoms with Crippen molar-refractivity contribution in [2.24, 2.45) is 0 Å². The van der Waals surface area contributed by atoms with Crippen LogP contribution in [0.5, 0.6) is 0 Å². The quantitative estimate of drug-likeness (QED) is 0.729. The van der Waals surface area contributed by atoms with Crippen LogP contribution in [0.25, 0.3) is 0 Å². The van der Waals surface area contributed by atoms with Gasteiger partial charge in [-0.25, -0.2) is 4.39 Å². The summed E-state index contributed by atoms with van der Waals surface area (Å²) in [6, 6.07) is 6.04. The van der Waals surface area contributed by atoms with E-state index in [1.165, 1.54) is 32.1 Å². The molecule has 1 aromatic rings. The number of rotatable bonds is 4. The lowest BCUT2D eigenvalue weighted by Crippen LogP contribution is -2.34. The van der Waals surface area contributed by atoms with E-state index >= 15 is 0 Å². The van der Waals surface area contributed by atoms with Crippen molar-refractivity contribution in [2.45, 2.75) is 64.3 Å².